The van der Waals surface area contributed by atoms with Crippen LogP contribution in [-0.2, 0) is 14.9 Å². The lowest BCUT2D eigenvalue weighted by atomic mass is 9.91. The Kier molecular flexibility index (Phi) is 3.41. The van der Waals surface area contributed by atoms with Crippen molar-refractivity contribution in [3.63, 3.8) is 0 Å². The second-order valence-corrected chi connectivity index (χ2v) is 5.22. The van der Waals surface area contributed by atoms with Gasteiger partial charge in [0.15, 0.2) is 6.10 Å². The van der Waals surface area contributed by atoms with Crippen molar-refractivity contribution < 1.29 is 23.8 Å². The van der Waals surface area contributed by atoms with Crippen molar-refractivity contribution in [3.05, 3.63) is 17.3 Å². The molecule has 6 nitrogen and oxygen atoms in total. The summed E-state index contributed by atoms with van der Waals surface area (Å²) in [6.45, 7) is 7.00. The van der Waals surface area contributed by atoms with Crippen LogP contribution in [0.2, 0.25) is 0 Å². The minimum atomic E-state index is -1.12. The number of carboxylic acid groups (broad SMARTS) is 1. The Hall–Kier alpha value is -1.40. The fourth-order valence-corrected chi connectivity index (χ4v) is 1.76. The molecule has 0 radical (unpaired) electrons. The Morgan fingerprint density at radius 2 is 2.11 bits per heavy atom. The number of carbonyl (C=O) groups is 1. The predicted molar refractivity (Wildman–Crippen MR) is 61.7 cm³/mol. The van der Waals surface area contributed by atoms with Crippen molar-refractivity contribution in [3.8, 4) is 0 Å². The highest BCUT2D eigenvalue weighted by molar-refractivity contribution is 5.86. The van der Waals surface area contributed by atoms with E-state index >= 15 is 0 Å². The third kappa shape index (κ3) is 2.54. The number of carboxylic acids is 1. The zero-order chi connectivity index (χ0) is 13.3. The smallest absolute Gasteiger partial charge is 0.373 e. The average Bonchev–Trinajstić information content (AvgIpc) is 2.74. The molecule has 1 saturated heterocycles. The molecule has 2 rings (SSSR count). The molecule has 1 fully saturated rings. The maximum absolute atomic E-state index is 11.2. The van der Waals surface area contributed by atoms with E-state index in [4.69, 9.17) is 19.0 Å². The van der Waals surface area contributed by atoms with Crippen LogP contribution in [0, 0.1) is 0 Å². The van der Waals surface area contributed by atoms with Gasteiger partial charge in [0.1, 0.15) is 0 Å². The third-order valence-electron chi connectivity index (χ3n) is 2.64. The molecule has 1 N–H and O–H groups in total. The van der Waals surface area contributed by atoms with Crippen LogP contribution in [0.1, 0.15) is 49.0 Å². The van der Waals surface area contributed by atoms with Gasteiger partial charge in [0, 0.05) is 5.41 Å². The fraction of sp³-hybridized carbons (Fsp3) is 0.667. The van der Waals surface area contributed by atoms with Gasteiger partial charge < -0.3 is 19.0 Å². The van der Waals surface area contributed by atoms with E-state index in [1.54, 1.807) is 0 Å². The fourth-order valence-electron chi connectivity index (χ4n) is 1.76. The summed E-state index contributed by atoms with van der Waals surface area (Å²) in [5.41, 5.74) is 0.0320. The summed E-state index contributed by atoms with van der Waals surface area (Å²) in [6.07, 6.45) is -0.423. The van der Waals surface area contributed by atoms with Gasteiger partial charge >= 0.3 is 5.97 Å². The summed E-state index contributed by atoms with van der Waals surface area (Å²) in [6, 6.07) is 0. The SMILES string of the molecule is CC(C)(C)c1nc(C2COCCO2)oc1C(=O)O. The van der Waals surface area contributed by atoms with Gasteiger partial charge in [-0.3, -0.25) is 0 Å². The Bertz CT molecular complexity index is 440. The second-order valence-electron chi connectivity index (χ2n) is 5.22. The second kappa shape index (κ2) is 4.70. The van der Waals surface area contributed by atoms with Gasteiger partial charge in [0.2, 0.25) is 11.7 Å². The van der Waals surface area contributed by atoms with Gasteiger partial charge in [-0.2, -0.15) is 0 Å². The monoisotopic (exact) mass is 255 g/mol. The molecule has 1 aliphatic rings. The van der Waals surface area contributed by atoms with Gasteiger partial charge in [-0.05, 0) is 0 Å². The molecule has 2 heterocycles. The molecule has 1 atom stereocenters. The molecule has 1 unspecified atom stereocenters. The molecular weight excluding hydrogens is 238 g/mol. The molecule has 0 saturated carbocycles. The van der Waals surface area contributed by atoms with Crippen LogP contribution in [-0.4, -0.2) is 35.9 Å². The number of hydrogen-bond donors (Lipinski definition) is 1. The standard InChI is InChI=1S/C12H17NO5/c1-12(2,3)9-8(11(14)15)18-10(13-9)7-6-16-4-5-17-7/h7H,4-6H2,1-3H3,(H,14,15). The topological polar surface area (TPSA) is 81.8 Å². The first-order valence-electron chi connectivity index (χ1n) is 5.83. The van der Waals surface area contributed by atoms with Gasteiger partial charge in [0.05, 0.1) is 25.5 Å². The van der Waals surface area contributed by atoms with Crippen molar-refractivity contribution in [1.29, 1.82) is 0 Å². The molecule has 0 bridgehead atoms. The molecule has 0 spiro atoms. The van der Waals surface area contributed by atoms with Gasteiger partial charge in [-0.15, -0.1) is 0 Å². The lowest BCUT2D eigenvalue weighted by molar-refractivity contribution is -0.0998. The number of hydrogen-bond acceptors (Lipinski definition) is 5. The summed E-state index contributed by atoms with van der Waals surface area (Å²) < 4.78 is 16.0. The van der Waals surface area contributed by atoms with Crippen LogP contribution in [0.3, 0.4) is 0 Å². The van der Waals surface area contributed by atoms with Gasteiger partial charge in [-0.25, -0.2) is 9.78 Å². The zero-order valence-electron chi connectivity index (χ0n) is 10.7. The van der Waals surface area contributed by atoms with Crippen LogP contribution >= 0.6 is 0 Å². The lowest BCUT2D eigenvalue weighted by Crippen LogP contribution is -2.22. The average molecular weight is 255 g/mol. The Labute approximate surface area is 105 Å². The molecule has 0 aromatic carbocycles. The zero-order valence-corrected chi connectivity index (χ0v) is 10.7. The van der Waals surface area contributed by atoms with Crippen LogP contribution in [0.5, 0.6) is 0 Å². The molecule has 18 heavy (non-hydrogen) atoms. The van der Waals surface area contributed by atoms with Crippen molar-refractivity contribution >= 4 is 5.97 Å². The minimum absolute atomic E-state index is 0.119. The van der Waals surface area contributed by atoms with Gasteiger partial charge in [0.25, 0.3) is 0 Å². The number of ether oxygens (including phenoxy) is 2. The van der Waals surface area contributed by atoms with Crippen molar-refractivity contribution in [2.75, 3.05) is 19.8 Å². The highest BCUT2D eigenvalue weighted by Gasteiger charge is 2.32. The van der Waals surface area contributed by atoms with E-state index < -0.39 is 17.5 Å². The van der Waals surface area contributed by atoms with E-state index in [9.17, 15) is 4.79 Å². The first-order valence-corrected chi connectivity index (χ1v) is 5.83. The molecule has 1 aliphatic heterocycles. The Morgan fingerprint density at radius 3 is 2.56 bits per heavy atom. The number of aromatic nitrogens is 1. The number of oxazole rings is 1. The first kappa shape index (κ1) is 13.0. The van der Waals surface area contributed by atoms with Crippen molar-refractivity contribution in [2.45, 2.75) is 32.3 Å². The van der Waals surface area contributed by atoms with Crippen LogP contribution in [0.4, 0.5) is 0 Å². The molecule has 0 aliphatic carbocycles. The van der Waals surface area contributed by atoms with Crippen LogP contribution in [0.15, 0.2) is 4.42 Å². The van der Waals surface area contributed by atoms with E-state index in [1.807, 2.05) is 20.8 Å². The number of nitrogens with zero attached hydrogens (tertiary/aromatic N) is 1. The first-order chi connectivity index (χ1) is 8.39. The van der Waals surface area contributed by atoms with Crippen molar-refractivity contribution in [2.24, 2.45) is 0 Å². The molecule has 1 aromatic rings. The van der Waals surface area contributed by atoms with E-state index in [-0.39, 0.29) is 11.7 Å². The van der Waals surface area contributed by atoms with E-state index in [1.165, 1.54) is 0 Å². The van der Waals surface area contributed by atoms with E-state index in [2.05, 4.69) is 4.98 Å². The summed E-state index contributed by atoms with van der Waals surface area (Å²) in [4.78, 5) is 15.4. The van der Waals surface area contributed by atoms with Gasteiger partial charge in [-0.1, -0.05) is 20.8 Å². The highest BCUT2D eigenvalue weighted by atomic mass is 16.6. The number of aromatic carboxylic acids is 1. The molecular formula is C12H17NO5. The number of rotatable bonds is 2. The maximum atomic E-state index is 11.2. The van der Waals surface area contributed by atoms with E-state index in [0.717, 1.165) is 0 Å². The van der Waals surface area contributed by atoms with Crippen LogP contribution < -0.4 is 0 Å². The predicted octanol–water partition coefficient (Wildman–Crippen LogP) is 1.76. The Morgan fingerprint density at radius 1 is 1.39 bits per heavy atom. The quantitative estimate of drug-likeness (QED) is 0.867. The lowest BCUT2D eigenvalue weighted by Gasteiger charge is -2.20. The summed E-state index contributed by atoms with van der Waals surface area (Å²) in [5, 5.41) is 9.13. The maximum Gasteiger partial charge on any atom is 0.373 e. The Balaban J connectivity index is 2.35. The molecule has 100 valence electrons. The summed E-state index contributed by atoms with van der Waals surface area (Å²) in [7, 11) is 0. The normalized spacial score (nSPS) is 20.9. The highest BCUT2D eigenvalue weighted by Crippen LogP contribution is 2.29. The minimum Gasteiger partial charge on any atom is -0.475 e. The summed E-state index contributed by atoms with van der Waals surface area (Å²) >= 11 is 0. The molecule has 6 heteroatoms. The third-order valence-corrected chi connectivity index (χ3v) is 2.64. The molecule has 0 amide bonds. The summed E-state index contributed by atoms with van der Waals surface area (Å²) in [5.74, 6) is -0.959. The largest absolute Gasteiger partial charge is 0.475 e. The molecule has 1 aromatic heterocycles. The van der Waals surface area contributed by atoms with E-state index in [0.29, 0.717) is 25.5 Å². The van der Waals surface area contributed by atoms with Crippen molar-refractivity contribution in [1.82, 2.24) is 4.98 Å². The van der Waals surface area contributed by atoms with Crippen LogP contribution in [0.25, 0.3) is 0 Å².